The molecule has 0 amide bonds. The Morgan fingerprint density at radius 1 is 1.30 bits per heavy atom. The summed E-state index contributed by atoms with van der Waals surface area (Å²) >= 11 is 0. The van der Waals surface area contributed by atoms with Crippen LogP contribution in [0.15, 0.2) is 42.7 Å². The lowest BCUT2D eigenvalue weighted by atomic mass is 10.1. The van der Waals surface area contributed by atoms with E-state index >= 15 is 0 Å². The maximum absolute atomic E-state index is 10.8. The lowest BCUT2D eigenvalue weighted by Gasteiger charge is -2.17. The van der Waals surface area contributed by atoms with E-state index in [4.69, 9.17) is 4.74 Å². The summed E-state index contributed by atoms with van der Waals surface area (Å²) in [4.78, 5) is 14.4. The van der Waals surface area contributed by atoms with Gasteiger partial charge in [-0.3, -0.25) is 15.1 Å². The van der Waals surface area contributed by atoms with Crippen molar-refractivity contribution in [3.8, 4) is 5.75 Å². The molecule has 0 radical (unpaired) electrons. The van der Waals surface area contributed by atoms with Crippen LogP contribution >= 0.6 is 0 Å². The number of nitrogens with one attached hydrogen (secondary N) is 1. The minimum atomic E-state index is -0.429. The second-order valence-corrected chi connectivity index (χ2v) is 4.29. The number of non-ortho nitro benzene ring substituents is 1. The molecule has 20 heavy (non-hydrogen) atoms. The lowest BCUT2D eigenvalue weighted by molar-refractivity contribution is -0.384. The first-order valence-corrected chi connectivity index (χ1v) is 6.10. The molecule has 0 saturated heterocycles. The van der Waals surface area contributed by atoms with Crippen LogP contribution in [0.1, 0.15) is 18.5 Å². The first-order valence-electron chi connectivity index (χ1n) is 6.10. The summed E-state index contributed by atoms with van der Waals surface area (Å²) in [5.74, 6) is 0.566. The number of hydrogen-bond donors (Lipinski definition) is 1. The molecule has 2 aromatic rings. The van der Waals surface area contributed by atoms with Crippen LogP contribution in [0.5, 0.6) is 5.75 Å². The molecule has 1 heterocycles. The number of benzene rings is 1. The standard InChI is InChI=1S/C14H15N3O3/c1-10(11-5-7-15-8-6-11)16-13-9-12(17(18)19)3-4-14(13)20-2/h3-10,16H,1-2H3. The molecule has 1 N–H and O–H groups in total. The number of nitrogens with zero attached hydrogens (tertiary/aromatic N) is 2. The van der Waals surface area contributed by atoms with Crippen molar-refractivity contribution in [2.45, 2.75) is 13.0 Å². The lowest BCUT2D eigenvalue weighted by Crippen LogP contribution is -2.08. The van der Waals surface area contributed by atoms with Gasteiger partial charge in [0, 0.05) is 30.6 Å². The van der Waals surface area contributed by atoms with Gasteiger partial charge in [0.1, 0.15) is 5.75 Å². The summed E-state index contributed by atoms with van der Waals surface area (Å²) in [6.07, 6.45) is 3.41. The third kappa shape index (κ3) is 3.03. The molecule has 1 aromatic carbocycles. The van der Waals surface area contributed by atoms with E-state index in [9.17, 15) is 10.1 Å². The molecule has 0 bridgehead atoms. The molecule has 0 aliphatic heterocycles. The Bertz CT molecular complexity index is 602. The van der Waals surface area contributed by atoms with Crippen LogP contribution in [0.25, 0.3) is 0 Å². The summed E-state index contributed by atoms with van der Waals surface area (Å²) in [7, 11) is 1.53. The van der Waals surface area contributed by atoms with Crippen LogP contribution < -0.4 is 10.1 Å². The Hall–Kier alpha value is -2.63. The van der Waals surface area contributed by atoms with E-state index in [1.54, 1.807) is 18.5 Å². The van der Waals surface area contributed by atoms with Crippen molar-refractivity contribution in [2.24, 2.45) is 0 Å². The van der Waals surface area contributed by atoms with E-state index in [-0.39, 0.29) is 11.7 Å². The first-order chi connectivity index (χ1) is 9.61. The summed E-state index contributed by atoms with van der Waals surface area (Å²) < 4.78 is 5.22. The molecule has 0 spiro atoms. The zero-order valence-corrected chi connectivity index (χ0v) is 11.2. The van der Waals surface area contributed by atoms with Gasteiger partial charge in [0.2, 0.25) is 0 Å². The average molecular weight is 273 g/mol. The van der Waals surface area contributed by atoms with E-state index in [0.717, 1.165) is 5.56 Å². The summed E-state index contributed by atoms with van der Waals surface area (Å²) in [6, 6.07) is 8.23. The summed E-state index contributed by atoms with van der Waals surface area (Å²) in [5, 5.41) is 14.1. The monoisotopic (exact) mass is 273 g/mol. The highest BCUT2D eigenvalue weighted by molar-refractivity contribution is 5.62. The second-order valence-electron chi connectivity index (χ2n) is 4.29. The number of anilines is 1. The molecule has 104 valence electrons. The van der Waals surface area contributed by atoms with Gasteiger partial charge in [0.15, 0.2) is 0 Å². The van der Waals surface area contributed by atoms with Crippen molar-refractivity contribution in [1.29, 1.82) is 0 Å². The van der Waals surface area contributed by atoms with Crippen molar-refractivity contribution in [1.82, 2.24) is 4.98 Å². The number of pyridine rings is 1. The van der Waals surface area contributed by atoms with Gasteiger partial charge >= 0.3 is 0 Å². The molecule has 1 aromatic heterocycles. The molecule has 6 nitrogen and oxygen atoms in total. The fourth-order valence-electron chi connectivity index (χ4n) is 1.89. The van der Waals surface area contributed by atoms with Crippen LogP contribution in [-0.4, -0.2) is 17.0 Å². The second kappa shape index (κ2) is 6.01. The number of hydrogen-bond acceptors (Lipinski definition) is 5. The molecule has 1 unspecified atom stereocenters. The van der Waals surface area contributed by atoms with Gasteiger partial charge < -0.3 is 10.1 Å². The molecule has 0 saturated carbocycles. The Labute approximate surface area is 116 Å². The van der Waals surface area contributed by atoms with Gasteiger partial charge in [0.25, 0.3) is 5.69 Å². The van der Waals surface area contributed by atoms with E-state index in [1.807, 2.05) is 19.1 Å². The Morgan fingerprint density at radius 3 is 2.60 bits per heavy atom. The van der Waals surface area contributed by atoms with E-state index < -0.39 is 4.92 Å². The molecule has 1 atom stereocenters. The van der Waals surface area contributed by atoms with Crippen molar-refractivity contribution in [3.63, 3.8) is 0 Å². The number of nitro groups is 1. The van der Waals surface area contributed by atoms with Gasteiger partial charge in [-0.05, 0) is 30.7 Å². The normalized spacial score (nSPS) is 11.7. The van der Waals surface area contributed by atoms with Gasteiger partial charge in [0.05, 0.1) is 17.7 Å². The molecular weight excluding hydrogens is 258 g/mol. The Kier molecular flexibility index (Phi) is 4.14. The summed E-state index contributed by atoms with van der Waals surface area (Å²) in [5.41, 5.74) is 1.65. The zero-order chi connectivity index (χ0) is 14.5. The average Bonchev–Trinajstić information content (AvgIpc) is 2.48. The summed E-state index contributed by atoms with van der Waals surface area (Å²) in [6.45, 7) is 1.97. The quantitative estimate of drug-likeness (QED) is 0.668. The van der Waals surface area contributed by atoms with Gasteiger partial charge in [-0.1, -0.05) is 0 Å². The van der Waals surface area contributed by atoms with E-state index in [2.05, 4.69) is 10.3 Å². The van der Waals surface area contributed by atoms with Crippen LogP contribution in [0.2, 0.25) is 0 Å². The van der Waals surface area contributed by atoms with Crippen molar-refractivity contribution in [3.05, 3.63) is 58.4 Å². The molecule has 0 fully saturated rings. The van der Waals surface area contributed by atoms with Crippen molar-refractivity contribution >= 4 is 11.4 Å². The number of ether oxygens (including phenoxy) is 1. The molecule has 0 aliphatic rings. The van der Waals surface area contributed by atoms with Crippen molar-refractivity contribution < 1.29 is 9.66 Å². The number of nitro benzene ring substituents is 1. The molecule has 2 rings (SSSR count). The van der Waals surface area contributed by atoms with Gasteiger partial charge in [-0.2, -0.15) is 0 Å². The number of aromatic nitrogens is 1. The molecule has 0 aliphatic carbocycles. The predicted molar refractivity (Wildman–Crippen MR) is 75.9 cm³/mol. The van der Waals surface area contributed by atoms with Crippen LogP contribution in [-0.2, 0) is 0 Å². The Morgan fingerprint density at radius 2 is 2.00 bits per heavy atom. The number of methoxy groups -OCH3 is 1. The van der Waals surface area contributed by atoms with E-state index in [1.165, 1.54) is 19.2 Å². The third-order valence-electron chi connectivity index (χ3n) is 2.97. The highest BCUT2D eigenvalue weighted by Gasteiger charge is 2.13. The first kappa shape index (κ1) is 13.8. The zero-order valence-electron chi connectivity index (χ0n) is 11.2. The minimum Gasteiger partial charge on any atom is -0.495 e. The predicted octanol–water partition coefficient (Wildman–Crippen LogP) is 3.17. The highest BCUT2D eigenvalue weighted by atomic mass is 16.6. The van der Waals surface area contributed by atoms with Crippen molar-refractivity contribution in [2.75, 3.05) is 12.4 Å². The molecular formula is C14H15N3O3. The highest BCUT2D eigenvalue weighted by Crippen LogP contribution is 2.31. The number of rotatable bonds is 5. The van der Waals surface area contributed by atoms with Gasteiger partial charge in [-0.25, -0.2) is 0 Å². The fourth-order valence-corrected chi connectivity index (χ4v) is 1.89. The van der Waals surface area contributed by atoms with Crippen LogP contribution in [0.4, 0.5) is 11.4 Å². The SMILES string of the molecule is COc1ccc([N+](=O)[O-])cc1NC(C)c1ccncc1. The van der Waals surface area contributed by atoms with E-state index in [0.29, 0.717) is 11.4 Å². The van der Waals surface area contributed by atoms with Crippen LogP contribution in [0.3, 0.4) is 0 Å². The largest absolute Gasteiger partial charge is 0.495 e. The van der Waals surface area contributed by atoms with Gasteiger partial charge in [-0.15, -0.1) is 0 Å². The maximum atomic E-state index is 10.8. The minimum absolute atomic E-state index is 0.0195. The maximum Gasteiger partial charge on any atom is 0.271 e. The fraction of sp³-hybridized carbons (Fsp3) is 0.214. The third-order valence-corrected chi connectivity index (χ3v) is 2.97. The smallest absolute Gasteiger partial charge is 0.271 e. The Balaban J connectivity index is 2.27. The topological polar surface area (TPSA) is 77.3 Å². The molecule has 6 heteroatoms. The van der Waals surface area contributed by atoms with Crippen LogP contribution in [0, 0.1) is 10.1 Å².